The summed E-state index contributed by atoms with van der Waals surface area (Å²) in [5, 5.41) is 7.95. The minimum atomic E-state index is -0.396. The molecule has 0 saturated heterocycles. The Morgan fingerprint density at radius 3 is 2.79 bits per heavy atom. The number of hydrogen-bond donors (Lipinski definition) is 1. The van der Waals surface area contributed by atoms with E-state index in [2.05, 4.69) is 15.4 Å². The Bertz CT molecular complexity index is 1160. The van der Waals surface area contributed by atoms with Crippen LogP contribution in [0.3, 0.4) is 0 Å². The molecule has 2 heterocycles. The number of methoxy groups -OCH3 is 1. The summed E-state index contributed by atoms with van der Waals surface area (Å²) in [6.45, 7) is 0. The van der Waals surface area contributed by atoms with Crippen molar-refractivity contribution >= 4 is 28.9 Å². The van der Waals surface area contributed by atoms with E-state index in [0.29, 0.717) is 10.7 Å². The third kappa shape index (κ3) is 4.38. The molecule has 0 saturated carbocycles. The van der Waals surface area contributed by atoms with Gasteiger partial charge in [0, 0.05) is 23.6 Å². The van der Waals surface area contributed by atoms with E-state index >= 15 is 0 Å². The molecule has 8 heteroatoms. The van der Waals surface area contributed by atoms with Gasteiger partial charge in [-0.1, -0.05) is 17.8 Å². The van der Waals surface area contributed by atoms with E-state index in [-0.39, 0.29) is 11.7 Å². The number of nitrogens with zero attached hydrogens (tertiary/aromatic N) is 3. The fraction of sp³-hybridized carbons (Fsp3) is 0.0952. The lowest BCUT2D eigenvalue weighted by molar-refractivity contribution is -0.113. The molecule has 1 N–H and O–H groups in total. The van der Waals surface area contributed by atoms with Crippen LogP contribution in [0.5, 0.6) is 5.75 Å². The summed E-state index contributed by atoms with van der Waals surface area (Å²) in [7, 11) is 1.62. The van der Waals surface area contributed by atoms with E-state index in [1.54, 1.807) is 36.2 Å². The van der Waals surface area contributed by atoms with Crippen molar-refractivity contribution in [2.24, 2.45) is 0 Å². The van der Waals surface area contributed by atoms with Crippen molar-refractivity contribution in [3.8, 4) is 17.0 Å². The van der Waals surface area contributed by atoms with Crippen LogP contribution in [0.1, 0.15) is 0 Å². The maximum absolute atomic E-state index is 13.2. The van der Waals surface area contributed by atoms with Crippen molar-refractivity contribution in [1.82, 2.24) is 14.6 Å². The Kier molecular flexibility index (Phi) is 5.44. The first-order valence-electron chi connectivity index (χ1n) is 8.79. The van der Waals surface area contributed by atoms with Crippen LogP contribution in [-0.4, -0.2) is 33.4 Å². The molecule has 0 aliphatic heterocycles. The molecule has 4 rings (SSSR count). The van der Waals surface area contributed by atoms with Gasteiger partial charge in [0.2, 0.25) is 5.91 Å². The van der Waals surface area contributed by atoms with Crippen LogP contribution >= 0.6 is 11.8 Å². The highest BCUT2D eigenvalue weighted by molar-refractivity contribution is 8.00. The summed E-state index contributed by atoms with van der Waals surface area (Å²) in [6.07, 6.45) is 3.41. The summed E-state index contributed by atoms with van der Waals surface area (Å²) in [4.78, 5) is 16.6. The maximum Gasteiger partial charge on any atom is 0.234 e. The number of rotatable bonds is 6. The van der Waals surface area contributed by atoms with Gasteiger partial charge in [-0.05, 0) is 48.5 Å². The molecule has 0 radical (unpaired) electrons. The lowest BCUT2D eigenvalue weighted by atomic mass is 10.1. The zero-order valence-electron chi connectivity index (χ0n) is 15.5. The average molecular weight is 408 g/mol. The topological polar surface area (TPSA) is 68.5 Å². The lowest BCUT2D eigenvalue weighted by Gasteiger charge is -2.05. The first-order valence-corrected chi connectivity index (χ1v) is 9.78. The van der Waals surface area contributed by atoms with Gasteiger partial charge in [-0.15, -0.1) is 0 Å². The third-order valence-corrected chi connectivity index (χ3v) is 5.18. The Balaban J connectivity index is 1.50. The first kappa shape index (κ1) is 18.9. The quantitative estimate of drug-likeness (QED) is 0.483. The van der Waals surface area contributed by atoms with Crippen molar-refractivity contribution < 1.29 is 13.9 Å². The number of carbonyl (C=O) groups excluding carboxylic acids is 1. The van der Waals surface area contributed by atoms with Crippen molar-refractivity contribution in [2.45, 2.75) is 5.03 Å². The van der Waals surface area contributed by atoms with E-state index in [1.165, 1.54) is 23.9 Å². The van der Waals surface area contributed by atoms with Crippen LogP contribution < -0.4 is 10.1 Å². The third-order valence-electron chi connectivity index (χ3n) is 4.19. The molecular weight excluding hydrogens is 391 g/mol. The molecule has 2 aromatic carbocycles. The van der Waals surface area contributed by atoms with Gasteiger partial charge in [0.1, 0.15) is 16.6 Å². The molecule has 0 fully saturated rings. The summed E-state index contributed by atoms with van der Waals surface area (Å²) >= 11 is 1.30. The molecule has 0 unspecified atom stereocenters. The summed E-state index contributed by atoms with van der Waals surface area (Å²) in [6, 6.07) is 15.4. The van der Waals surface area contributed by atoms with Gasteiger partial charge >= 0.3 is 0 Å². The van der Waals surface area contributed by atoms with Gasteiger partial charge in [0.25, 0.3) is 0 Å². The molecule has 4 aromatic rings. The summed E-state index contributed by atoms with van der Waals surface area (Å²) in [5.74, 6) is 0.290. The number of fused-ring (bicyclic) bond motifs is 1. The Hall–Kier alpha value is -3.39. The second-order valence-electron chi connectivity index (χ2n) is 6.17. The van der Waals surface area contributed by atoms with Gasteiger partial charge in [0.15, 0.2) is 0 Å². The molecule has 0 aliphatic carbocycles. The van der Waals surface area contributed by atoms with Crippen LogP contribution in [0.15, 0.2) is 72.0 Å². The molecule has 0 aliphatic rings. The number of carbonyl (C=O) groups is 1. The monoisotopic (exact) mass is 408 g/mol. The average Bonchev–Trinajstić information content (AvgIpc) is 3.17. The number of hydrogen-bond acceptors (Lipinski definition) is 5. The van der Waals surface area contributed by atoms with Crippen LogP contribution in [-0.2, 0) is 4.79 Å². The number of ether oxygens (including phenoxy) is 1. The van der Waals surface area contributed by atoms with Crippen molar-refractivity contribution in [3.05, 3.63) is 72.8 Å². The van der Waals surface area contributed by atoms with Crippen molar-refractivity contribution in [1.29, 1.82) is 0 Å². The van der Waals surface area contributed by atoms with E-state index in [0.717, 1.165) is 22.5 Å². The Labute approximate surface area is 170 Å². The highest BCUT2D eigenvalue weighted by Gasteiger charge is 2.12. The number of benzene rings is 2. The molecule has 2 aromatic heterocycles. The first-order chi connectivity index (χ1) is 14.1. The molecule has 29 heavy (non-hydrogen) atoms. The SMILES string of the molecule is COc1ccc(-c2cc3c(SCC(=O)Nc4cccc(F)c4)nccn3n2)cc1. The minimum Gasteiger partial charge on any atom is -0.497 e. The highest BCUT2D eigenvalue weighted by atomic mass is 32.2. The highest BCUT2D eigenvalue weighted by Crippen LogP contribution is 2.27. The van der Waals surface area contributed by atoms with Crippen LogP contribution in [0.25, 0.3) is 16.8 Å². The van der Waals surface area contributed by atoms with E-state index in [1.807, 2.05) is 30.3 Å². The Morgan fingerprint density at radius 2 is 2.03 bits per heavy atom. The smallest absolute Gasteiger partial charge is 0.234 e. The Morgan fingerprint density at radius 1 is 1.21 bits per heavy atom. The fourth-order valence-corrected chi connectivity index (χ4v) is 3.59. The number of anilines is 1. The van der Waals surface area contributed by atoms with Gasteiger partial charge in [0.05, 0.1) is 24.1 Å². The zero-order valence-corrected chi connectivity index (χ0v) is 16.3. The summed E-state index contributed by atoms with van der Waals surface area (Å²) in [5.41, 5.74) is 2.98. The van der Waals surface area contributed by atoms with Crippen LogP contribution in [0.4, 0.5) is 10.1 Å². The predicted molar refractivity (Wildman–Crippen MR) is 111 cm³/mol. The van der Waals surface area contributed by atoms with E-state index in [4.69, 9.17) is 4.74 Å². The number of aromatic nitrogens is 3. The molecule has 1 amide bonds. The van der Waals surface area contributed by atoms with Crippen LogP contribution in [0.2, 0.25) is 0 Å². The van der Waals surface area contributed by atoms with Crippen LogP contribution in [0, 0.1) is 5.82 Å². The van der Waals surface area contributed by atoms with Crippen molar-refractivity contribution in [2.75, 3.05) is 18.2 Å². The molecule has 0 spiro atoms. The van der Waals surface area contributed by atoms with Gasteiger partial charge in [-0.2, -0.15) is 5.10 Å². The fourth-order valence-electron chi connectivity index (χ4n) is 2.81. The second kappa shape index (κ2) is 8.32. The van der Waals surface area contributed by atoms with Gasteiger partial charge in [-0.25, -0.2) is 13.9 Å². The lowest BCUT2D eigenvalue weighted by Crippen LogP contribution is -2.14. The molecule has 146 valence electrons. The van der Waals surface area contributed by atoms with Gasteiger partial charge in [-0.3, -0.25) is 4.79 Å². The molecule has 0 atom stereocenters. The number of halogens is 1. The number of nitrogens with one attached hydrogen (secondary N) is 1. The minimum absolute atomic E-state index is 0.145. The van der Waals surface area contributed by atoms with E-state index < -0.39 is 5.82 Å². The number of thioether (sulfide) groups is 1. The maximum atomic E-state index is 13.2. The standard InChI is InChI=1S/C21H17FN4O2S/c1-28-17-7-5-14(6-8-17)18-12-19-21(23-9-10-26(19)25-18)29-13-20(27)24-16-4-2-3-15(22)11-16/h2-12H,13H2,1H3,(H,24,27). The predicted octanol–water partition coefficient (Wildman–Crippen LogP) is 4.27. The molecular formula is C21H17FN4O2S. The molecule has 0 bridgehead atoms. The van der Waals surface area contributed by atoms with Gasteiger partial charge < -0.3 is 10.1 Å². The summed E-state index contributed by atoms with van der Waals surface area (Å²) < 4.78 is 20.2. The zero-order chi connectivity index (χ0) is 20.2. The number of amides is 1. The second-order valence-corrected chi connectivity index (χ2v) is 7.13. The van der Waals surface area contributed by atoms with Crippen molar-refractivity contribution in [3.63, 3.8) is 0 Å². The molecule has 6 nitrogen and oxygen atoms in total. The largest absolute Gasteiger partial charge is 0.497 e. The normalized spacial score (nSPS) is 10.8. The van der Waals surface area contributed by atoms with E-state index in [9.17, 15) is 9.18 Å².